The molecule has 1 aromatic rings. The Balaban J connectivity index is 2.63. The molecule has 0 fully saturated rings. The predicted molar refractivity (Wildman–Crippen MR) is 75.5 cm³/mol. The molecule has 1 aromatic heterocycles. The van der Waals surface area contributed by atoms with Crippen LogP contribution in [0.1, 0.15) is 26.6 Å². The molecule has 0 saturated carbocycles. The smallest absolute Gasteiger partial charge is 0.241 e. The van der Waals surface area contributed by atoms with Gasteiger partial charge in [0.25, 0.3) is 0 Å². The number of anilines is 1. The molecule has 0 aliphatic heterocycles. The molecule has 6 heteroatoms. The molecule has 0 aromatic carbocycles. The highest BCUT2D eigenvalue weighted by molar-refractivity contribution is 9.10. The van der Waals surface area contributed by atoms with Crippen LogP contribution < -0.4 is 5.32 Å². The second kappa shape index (κ2) is 7.31. The zero-order chi connectivity index (χ0) is 13.5. The average Bonchev–Trinajstić information content (AvgIpc) is 2.37. The van der Waals surface area contributed by atoms with E-state index < -0.39 is 0 Å². The molecule has 100 valence electrons. The van der Waals surface area contributed by atoms with E-state index in [0.717, 1.165) is 29.9 Å². The molecule has 0 radical (unpaired) electrons. The number of halogens is 1. The lowest BCUT2D eigenvalue weighted by molar-refractivity contribution is -0.128. The van der Waals surface area contributed by atoms with E-state index >= 15 is 0 Å². The van der Waals surface area contributed by atoms with Crippen molar-refractivity contribution >= 4 is 27.7 Å². The zero-order valence-corrected chi connectivity index (χ0v) is 12.6. The highest BCUT2D eigenvalue weighted by atomic mass is 79.9. The SMILES string of the molecule is CCc1nc(Br)cc(NCC(=O)N(CC)CC)n1. The summed E-state index contributed by atoms with van der Waals surface area (Å²) in [6.07, 6.45) is 0.762. The molecule has 5 nitrogen and oxygen atoms in total. The number of rotatable bonds is 6. The lowest BCUT2D eigenvalue weighted by atomic mass is 10.4. The van der Waals surface area contributed by atoms with Gasteiger partial charge in [-0.1, -0.05) is 6.92 Å². The fourth-order valence-corrected chi connectivity index (χ4v) is 1.99. The van der Waals surface area contributed by atoms with Crippen molar-refractivity contribution in [2.45, 2.75) is 27.2 Å². The number of aromatic nitrogens is 2. The Morgan fingerprint density at radius 2 is 2.00 bits per heavy atom. The number of nitrogens with zero attached hydrogens (tertiary/aromatic N) is 3. The van der Waals surface area contributed by atoms with Crippen molar-refractivity contribution in [3.63, 3.8) is 0 Å². The summed E-state index contributed by atoms with van der Waals surface area (Å²) in [6, 6.07) is 1.77. The van der Waals surface area contributed by atoms with Gasteiger partial charge >= 0.3 is 0 Å². The zero-order valence-electron chi connectivity index (χ0n) is 11.0. The van der Waals surface area contributed by atoms with Gasteiger partial charge in [-0.3, -0.25) is 4.79 Å². The number of hydrogen-bond acceptors (Lipinski definition) is 4. The Kier molecular flexibility index (Phi) is 6.04. The molecule has 0 saturated heterocycles. The van der Waals surface area contributed by atoms with E-state index in [1.807, 2.05) is 20.8 Å². The van der Waals surface area contributed by atoms with Crippen LogP contribution in [0.4, 0.5) is 5.82 Å². The second-order valence-electron chi connectivity index (χ2n) is 3.77. The van der Waals surface area contributed by atoms with E-state index in [-0.39, 0.29) is 12.5 Å². The van der Waals surface area contributed by atoms with E-state index in [1.165, 1.54) is 0 Å². The maximum absolute atomic E-state index is 11.8. The third-order valence-electron chi connectivity index (χ3n) is 2.59. The van der Waals surface area contributed by atoms with E-state index in [2.05, 4.69) is 31.2 Å². The Hall–Kier alpha value is -1.17. The van der Waals surface area contributed by atoms with Crippen LogP contribution in [-0.4, -0.2) is 40.4 Å². The molecular weight excluding hydrogens is 296 g/mol. The van der Waals surface area contributed by atoms with E-state index in [9.17, 15) is 4.79 Å². The monoisotopic (exact) mass is 314 g/mol. The summed E-state index contributed by atoms with van der Waals surface area (Å²) in [5.41, 5.74) is 0. The molecule has 0 spiro atoms. The summed E-state index contributed by atoms with van der Waals surface area (Å²) >= 11 is 3.33. The van der Waals surface area contributed by atoms with Crippen LogP contribution in [0.2, 0.25) is 0 Å². The highest BCUT2D eigenvalue weighted by Crippen LogP contribution is 2.12. The van der Waals surface area contributed by atoms with Crippen molar-refractivity contribution in [2.75, 3.05) is 25.0 Å². The van der Waals surface area contributed by atoms with Gasteiger partial charge in [-0.2, -0.15) is 0 Å². The minimum atomic E-state index is 0.0767. The number of carbonyl (C=O) groups is 1. The Bertz CT molecular complexity index is 407. The van der Waals surface area contributed by atoms with Crippen LogP contribution in [-0.2, 0) is 11.2 Å². The molecule has 1 N–H and O–H groups in total. The first-order valence-electron chi connectivity index (χ1n) is 6.15. The maximum Gasteiger partial charge on any atom is 0.241 e. The van der Waals surface area contributed by atoms with Gasteiger partial charge in [0.15, 0.2) is 0 Å². The topological polar surface area (TPSA) is 58.1 Å². The normalized spacial score (nSPS) is 10.2. The van der Waals surface area contributed by atoms with Crippen molar-refractivity contribution in [1.29, 1.82) is 0 Å². The van der Waals surface area contributed by atoms with Crippen LogP contribution >= 0.6 is 15.9 Å². The van der Waals surface area contributed by atoms with Gasteiger partial charge in [-0.25, -0.2) is 9.97 Å². The van der Waals surface area contributed by atoms with E-state index in [4.69, 9.17) is 0 Å². The largest absolute Gasteiger partial charge is 0.361 e. The number of carbonyl (C=O) groups excluding carboxylic acids is 1. The summed E-state index contributed by atoms with van der Waals surface area (Å²) in [5.74, 6) is 1.50. The van der Waals surface area contributed by atoms with Crippen molar-refractivity contribution in [3.8, 4) is 0 Å². The van der Waals surface area contributed by atoms with Gasteiger partial charge in [0.2, 0.25) is 5.91 Å². The van der Waals surface area contributed by atoms with Crippen molar-refractivity contribution in [2.24, 2.45) is 0 Å². The summed E-state index contributed by atoms with van der Waals surface area (Å²) in [7, 11) is 0. The summed E-state index contributed by atoms with van der Waals surface area (Å²) in [5, 5.41) is 3.04. The predicted octanol–water partition coefficient (Wildman–Crippen LogP) is 2.08. The molecule has 1 amide bonds. The molecule has 1 rings (SSSR count). The highest BCUT2D eigenvalue weighted by Gasteiger charge is 2.09. The van der Waals surface area contributed by atoms with Crippen molar-refractivity contribution in [1.82, 2.24) is 14.9 Å². The quantitative estimate of drug-likeness (QED) is 0.817. The summed E-state index contributed by atoms with van der Waals surface area (Å²) in [4.78, 5) is 22.1. The fraction of sp³-hybridized carbons (Fsp3) is 0.583. The number of aryl methyl sites for hydroxylation is 1. The summed E-state index contributed by atoms with van der Waals surface area (Å²) < 4.78 is 0.729. The fourth-order valence-electron chi connectivity index (χ4n) is 1.57. The molecule has 0 bridgehead atoms. The Morgan fingerprint density at radius 3 is 2.56 bits per heavy atom. The van der Waals surface area contributed by atoms with Gasteiger partial charge < -0.3 is 10.2 Å². The number of hydrogen-bond donors (Lipinski definition) is 1. The Labute approximate surface area is 116 Å². The van der Waals surface area contributed by atoms with Crippen molar-refractivity contribution in [3.05, 3.63) is 16.5 Å². The minimum Gasteiger partial charge on any atom is -0.361 e. The number of amides is 1. The first-order valence-corrected chi connectivity index (χ1v) is 6.95. The average molecular weight is 315 g/mol. The number of nitrogens with one attached hydrogen (secondary N) is 1. The van der Waals surface area contributed by atoms with E-state index in [1.54, 1.807) is 11.0 Å². The van der Waals surface area contributed by atoms with Crippen molar-refractivity contribution < 1.29 is 4.79 Å². The molecule has 0 aliphatic rings. The maximum atomic E-state index is 11.8. The second-order valence-corrected chi connectivity index (χ2v) is 4.58. The molecule has 0 unspecified atom stereocenters. The molecule has 0 atom stereocenters. The van der Waals surface area contributed by atoms with Gasteiger partial charge in [-0.05, 0) is 29.8 Å². The van der Waals surface area contributed by atoms with Gasteiger partial charge in [-0.15, -0.1) is 0 Å². The van der Waals surface area contributed by atoms with Gasteiger partial charge in [0, 0.05) is 25.6 Å². The van der Waals surface area contributed by atoms with Crippen LogP contribution in [0, 0.1) is 0 Å². The third kappa shape index (κ3) is 4.25. The number of likely N-dealkylation sites (N-methyl/N-ethyl adjacent to an activating group) is 1. The molecule has 0 aliphatic carbocycles. The molecule has 18 heavy (non-hydrogen) atoms. The van der Waals surface area contributed by atoms with Crippen LogP contribution in [0.3, 0.4) is 0 Å². The lowest BCUT2D eigenvalue weighted by Crippen LogP contribution is -2.35. The van der Waals surface area contributed by atoms with Crippen LogP contribution in [0.25, 0.3) is 0 Å². The Morgan fingerprint density at radius 1 is 1.33 bits per heavy atom. The first-order chi connectivity index (χ1) is 8.60. The standard InChI is InChI=1S/C12H19BrN4O/c1-4-10-15-9(13)7-11(16-10)14-8-12(18)17(5-2)6-3/h7H,4-6,8H2,1-3H3,(H,14,15,16). The third-order valence-corrected chi connectivity index (χ3v) is 3.00. The first kappa shape index (κ1) is 14.9. The molecular formula is C12H19BrN4O. The van der Waals surface area contributed by atoms with Crippen LogP contribution in [0.15, 0.2) is 10.7 Å². The van der Waals surface area contributed by atoms with Gasteiger partial charge in [0.05, 0.1) is 6.54 Å². The van der Waals surface area contributed by atoms with Crippen LogP contribution in [0.5, 0.6) is 0 Å². The van der Waals surface area contributed by atoms with E-state index in [0.29, 0.717) is 5.82 Å². The lowest BCUT2D eigenvalue weighted by Gasteiger charge is -2.18. The van der Waals surface area contributed by atoms with Gasteiger partial charge in [0.1, 0.15) is 16.2 Å². The summed E-state index contributed by atoms with van der Waals surface area (Å²) in [6.45, 7) is 7.64. The minimum absolute atomic E-state index is 0.0767. The molecule has 1 heterocycles.